The summed E-state index contributed by atoms with van der Waals surface area (Å²) in [6, 6.07) is 6.50. The van der Waals surface area contributed by atoms with Crippen LogP contribution < -0.4 is 10.7 Å². The Hall–Kier alpha value is -2.19. The molecule has 0 unspecified atom stereocenters. The van der Waals surface area contributed by atoms with E-state index in [1.54, 1.807) is 23.9 Å². The molecule has 2 heterocycles. The van der Waals surface area contributed by atoms with Crippen LogP contribution in [0.2, 0.25) is 0 Å². The molecule has 1 amide bonds. The number of aromatic nitrogens is 2. The maximum Gasteiger partial charge on any atom is 0.293 e. The number of thioether (sulfide) groups is 1. The maximum atomic E-state index is 12.4. The van der Waals surface area contributed by atoms with Crippen LogP contribution in [-0.4, -0.2) is 21.9 Å². The van der Waals surface area contributed by atoms with Gasteiger partial charge >= 0.3 is 0 Å². The van der Waals surface area contributed by atoms with Gasteiger partial charge in [0.1, 0.15) is 5.58 Å². The molecule has 0 aliphatic rings. The molecule has 3 rings (SSSR count). The lowest BCUT2D eigenvalue weighted by Gasteiger charge is -2.04. The smallest absolute Gasteiger partial charge is 0.293 e. The first-order chi connectivity index (χ1) is 12.1. The Morgan fingerprint density at radius 2 is 2.20 bits per heavy atom. The van der Waals surface area contributed by atoms with Crippen molar-refractivity contribution in [1.82, 2.24) is 10.2 Å². The maximum absolute atomic E-state index is 12.4. The molecule has 0 aliphatic carbocycles. The third-order valence-electron chi connectivity index (χ3n) is 3.53. The van der Waals surface area contributed by atoms with Crippen LogP contribution in [0.3, 0.4) is 0 Å². The fourth-order valence-corrected chi connectivity index (χ4v) is 4.11. The fraction of sp³-hybridized carbons (Fsp3) is 0.294. The number of benzene rings is 1. The molecule has 3 aromatic rings. The molecule has 130 valence electrons. The van der Waals surface area contributed by atoms with E-state index in [4.69, 9.17) is 4.42 Å². The number of fused-ring (bicyclic) bond motifs is 1. The number of nitrogens with one attached hydrogen (secondary N) is 1. The summed E-state index contributed by atoms with van der Waals surface area (Å²) in [7, 11) is 0. The first-order valence-corrected chi connectivity index (χ1v) is 9.70. The quantitative estimate of drug-likeness (QED) is 0.397. The number of para-hydroxylation sites is 1. The van der Waals surface area contributed by atoms with E-state index >= 15 is 0 Å². The van der Waals surface area contributed by atoms with Crippen LogP contribution in [0.4, 0.5) is 5.13 Å². The van der Waals surface area contributed by atoms with Crippen molar-refractivity contribution in [2.45, 2.75) is 31.0 Å². The molecule has 25 heavy (non-hydrogen) atoms. The van der Waals surface area contributed by atoms with Gasteiger partial charge in [-0.1, -0.05) is 48.6 Å². The fourth-order valence-electron chi connectivity index (χ4n) is 2.21. The van der Waals surface area contributed by atoms with E-state index < -0.39 is 5.91 Å². The van der Waals surface area contributed by atoms with Gasteiger partial charge in [0.25, 0.3) is 5.91 Å². The highest BCUT2D eigenvalue weighted by molar-refractivity contribution is 8.01. The second-order valence-electron chi connectivity index (χ2n) is 5.46. The summed E-state index contributed by atoms with van der Waals surface area (Å²) in [4.78, 5) is 24.6. The number of amides is 1. The van der Waals surface area contributed by atoms with E-state index in [0.717, 1.165) is 28.5 Å². The summed E-state index contributed by atoms with van der Waals surface area (Å²) in [5.74, 6) is 0.420. The highest BCUT2D eigenvalue weighted by Gasteiger charge is 2.15. The van der Waals surface area contributed by atoms with Gasteiger partial charge in [-0.05, 0) is 25.0 Å². The number of rotatable bonds is 6. The Morgan fingerprint density at radius 1 is 1.36 bits per heavy atom. The Kier molecular flexibility index (Phi) is 5.50. The minimum atomic E-state index is -0.511. The van der Waals surface area contributed by atoms with Gasteiger partial charge < -0.3 is 4.42 Å². The van der Waals surface area contributed by atoms with E-state index in [1.165, 1.54) is 17.4 Å². The molecule has 1 N–H and O–H groups in total. The normalized spacial score (nSPS) is 11.0. The predicted molar refractivity (Wildman–Crippen MR) is 101 cm³/mol. The van der Waals surface area contributed by atoms with Crippen molar-refractivity contribution in [3.63, 3.8) is 0 Å². The lowest BCUT2D eigenvalue weighted by atomic mass is 10.1. The first kappa shape index (κ1) is 17.6. The van der Waals surface area contributed by atoms with Crippen molar-refractivity contribution < 1.29 is 9.21 Å². The summed E-state index contributed by atoms with van der Waals surface area (Å²) < 4.78 is 6.44. The molecular formula is C17H17N3O3S2. The van der Waals surface area contributed by atoms with Crippen molar-refractivity contribution in [3.8, 4) is 0 Å². The summed E-state index contributed by atoms with van der Waals surface area (Å²) in [6.07, 6.45) is 2.23. The van der Waals surface area contributed by atoms with Gasteiger partial charge in [-0.3, -0.25) is 14.9 Å². The Bertz CT molecular complexity index is 965. The predicted octanol–water partition coefficient (Wildman–Crippen LogP) is 4.10. The Morgan fingerprint density at radius 3 is 3.00 bits per heavy atom. The van der Waals surface area contributed by atoms with Gasteiger partial charge in [0.2, 0.25) is 5.13 Å². The minimum absolute atomic E-state index is 0.0396. The van der Waals surface area contributed by atoms with Crippen molar-refractivity contribution in [2.24, 2.45) is 0 Å². The number of hydrogen-bond acceptors (Lipinski definition) is 7. The van der Waals surface area contributed by atoms with Crippen LogP contribution in [0, 0.1) is 6.92 Å². The van der Waals surface area contributed by atoms with Crippen LogP contribution in [0.25, 0.3) is 11.0 Å². The van der Waals surface area contributed by atoms with Crippen molar-refractivity contribution in [3.05, 3.63) is 45.8 Å². The van der Waals surface area contributed by atoms with E-state index in [2.05, 4.69) is 22.4 Å². The molecule has 0 atom stereocenters. The average Bonchev–Trinajstić information content (AvgIpc) is 3.03. The molecule has 0 radical (unpaired) electrons. The third-order valence-corrected chi connectivity index (χ3v) is 5.58. The summed E-state index contributed by atoms with van der Waals surface area (Å²) in [5.41, 5.74) is 0.978. The number of carbonyl (C=O) groups excluding carboxylic acids is 1. The number of anilines is 1. The zero-order valence-electron chi connectivity index (χ0n) is 13.9. The van der Waals surface area contributed by atoms with Crippen LogP contribution in [0.5, 0.6) is 0 Å². The molecule has 8 heteroatoms. The topological polar surface area (TPSA) is 85.1 Å². The van der Waals surface area contributed by atoms with Gasteiger partial charge in [-0.15, -0.1) is 10.2 Å². The average molecular weight is 375 g/mol. The van der Waals surface area contributed by atoms with Gasteiger partial charge in [0.15, 0.2) is 15.5 Å². The highest BCUT2D eigenvalue weighted by atomic mass is 32.2. The van der Waals surface area contributed by atoms with E-state index in [1.807, 2.05) is 13.0 Å². The first-order valence-electron chi connectivity index (χ1n) is 7.89. The molecule has 1 aromatic carbocycles. The van der Waals surface area contributed by atoms with Gasteiger partial charge in [-0.25, -0.2) is 0 Å². The van der Waals surface area contributed by atoms with Gasteiger partial charge in [0.05, 0.1) is 5.39 Å². The SMILES string of the molecule is CCCCSc1nnc(NC(=O)c2cc(=O)c3cccc(C)c3o2)s1. The second-order valence-corrected chi connectivity index (χ2v) is 7.78. The van der Waals surface area contributed by atoms with Crippen molar-refractivity contribution in [2.75, 3.05) is 11.1 Å². The molecule has 6 nitrogen and oxygen atoms in total. The van der Waals surface area contributed by atoms with Crippen LogP contribution >= 0.6 is 23.1 Å². The standard InChI is InChI=1S/C17H17N3O3S2/c1-3-4-8-24-17-20-19-16(25-17)18-15(22)13-9-12(21)11-7-5-6-10(2)14(11)23-13/h5-7,9H,3-4,8H2,1-2H3,(H,18,19,22). The second kappa shape index (κ2) is 7.79. The zero-order chi connectivity index (χ0) is 17.8. The van der Waals surface area contributed by atoms with Gasteiger partial charge in [-0.2, -0.15) is 0 Å². The monoisotopic (exact) mass is 375 g/mol. The lowest BCUT2D eigenvalue weighted by molar-refractivity contribution is 0.0997. The molecular weight excluding hydrogens is 358 g/mol. The Labute approximate surface area is 152 Å². The molecule has 0 saturated carbocycles. The molecule has 0 fully saturated rings. The van der Waals surface area contributed by atoms with Crippen molar-refractivity contribution >= 4 is 45.1 Å². The summed E-state index contributed by atoms with van der Waals surface area (Å²) in [5, 5.41) is 11.5. The van der Waals surface area contributed by atoms with E-state index in [0.29, 0.717) is 16.1 Å². The molecule has 0 bridgehead atoms. The number of aryl methyl sites for hydroxylation is 1. The zero-order valence-corrected chi connectivity index (χ0v) is 15.5. The molecule has 2 aromatic heterocycles. The van der Waals surface area contributed by atoms with E-state index in [9.17, 15) is 9.59 Å². The van der Waals surface area contributed by atoms with E-state index in [-0.39, 0.29) is 11.2 Å². The molecule has 0 spiro atoms. The lowest BCUT2D eigenvalue weighted by Crippen LogP contribution is -2.15. The Balaban J connectivity index is 1.79. The molecule has 0 saturated heterocycles. The van der Waals surface area contributed by atoms with Crippen LogP contribution in [0.15, 0.2) is 37.8 Å². The summed E-state index contributed by atoms with van der Waals surface area (Å²) in [6.45, 7) is 3.96. The largest absolute Gasteiger partial charge is 0.450 e. The number of nitrogens with zero attached hydrogens (tertiary/aromatic N) is 2. The van der Waals surface area contributed by atoms with Crippen molar-refractivity contribution in [1.29, 1.82) is 0 Å². The molecule has 0 aliphatic heterocycles. The number of hydrogen-bond donors (Lipinski definition) is 1. The van der Waals surface area contributed by atoms with Gasteiger partial charge in [0, 0.05) is 11.8 Å². The number of carbonyl (C=O) groups is 1. The van der Waals surface area contributed by atoms with Crippen LogP contribution in [-0.2, 0) is 0 Å². The summed E-state index contributed by atoms with van der Waals surface area (Å²) >= 11 is 2.92. The number of unbranched alkanes of at least 4 members (excludes halogenated alkanes) is 1. The highest BCUT2D eigenvalue weighted by Crippen LogP contribution is 2.26. The third kappa shape index (κ3) is 4.08. The van der Waals surface area contributed by atoms with Crippen LogP contribution in [0.1, 0.15) is 35.9 Å². The minimum Gasteiger partial charge on any atom is -0.450 e.